The third-order valence-corrected chi connectivity index (χ3v) is 3.54. The number of aromatic nitrogens is 1. The number of fused-ring (bicyclic) bond motifs is 1. The second-order valence-corrected chi connectivity index (χ2v) is 6.91. The van der Waals surface area contributed by atoms with Crippen LogP contribution in [0.5, 0.6) is 0 Å². The molecular formula is C16H19ClN2O4. The van der Waals surface area contributed by atoms with E-state index in [0.29, 0.717) is 5.56 Å². The summed E-state index contributed by atoms with van der Waals surface area (Å²) in [5, 5.41) is 12.5. The number of amides is 1. The van der Waals surface area contributed by atoms with Crippen LogP contribution in [0.25, 0.3) is 10.9 Å². The van der Waals surface area contributed by atoms with Crippen molar-refractivity contribution in [1.29, 1.82) is 0 Å². The van der Waals surface area contributed by atoms with Crippen molar-refractivity contribution in [3.63, 3.8) is 0 Å². The highest BCUT2D eigenvalue weighted by molar-refractivity contribution is 6.34. The minimum Gasteiger partial charge on any atom is -0.479 e. The predicted octanol–water partition coefficient (Wildman–Crippen LogP) is 3.25. The number of hydrogen-bond acceptors (Lipinski definition) is 3. The van der Waals surface area contributed by atoms with E-state index in [1.54, 1.807) is 27.0 Å². The lowest BCUT2D eigenvalue weighted by Gasteiger charge is -2.26. The highest BCUT2D eigenvalue weighted by Crippen LogP contribution is 2.25. The third kappa shape index (κ3) is 4.16. The second kappa shape index (κ2) is 6.12. The summed E-state index contributed by atoms with van der Waals surface area (Å²) in [6.07, 6.45) is 0.712. The Kier molecular flexibility index (Phi) is 4.56. The van der Waals surface area contributed by atoms with Gasteiger partial charge in [-0.2, -0.15) is 0 Å². The Morgan fingerprint density at radius 1 is 1.30 bits per heavy atom. The van der Waals surface area contributed by atoms with Crippen molar-refractivity contribution >= 4 is 34.6 Å². The molecule has 0 spiro atoms. The maximum absolute atomic E-state index is 11.9. The van der Waals surface area contributed by atoms with Gasteiger partial charge in [0.05, 0.1) is 0 Å². The minimum absolute atomic E-state index is 0.0901. The molecule has 0 fully saturated rings. The zero-order valence-corrected chi connectivity index (χ0v) is 13.9. The molecule has 0 aliphatic heterocycles. The lowest BCUT2D eigenvalue weighted by Crippen LogP contribution is -2.52. The number of alkyl halides is 1. The van der Waals surface area contributed by atoms with E-state index in [9.17, 15) is 14.7 Å². The van der Waals surface area contributed by atoms with E-state index in [0.717, 1.165) is 10.9 Å². The number of aromatic amines is 1. The van der Waals surface area contributed by atoms with E-state index in [4.69, 9.17) is 16.3 Å². The van der Waals surface area contributed by atoms with E-state index < -0.39 is 22.7 Å². The number of carboxylic acid groups (broad SMARTS) is 1. The molecule has 0 saturated heterocycles. The maximum atomic E-state index is 11.9. The summed E-state index contributed by atoms with van der Waals surface area (Å²) in [7, 11) is 0. The fourth-order valence-corrected chi connectivity index (χ4v) is 2.40. The number of nitrogens with one attached hydrogen (secondary N) is 2. The Bertz CT molecular complexity index is 735. The average Bonchev–Trinajstić information content (AvgIpc) is 2.79. The summed E-state index contributed by atoms with van der Waals surface area (Å²) in [5.41, 5.74) is 0.805. The number of carboxylic acids is 1. The highest BCUT2D eigenvalue weighted by Gasteiger charge is 2.40. The van der Waals surface area contributed by atoms with Gasteiger partial charge in [0.2, 0.25) is 5.00 Å². The standard InChI is InChI=1S/C16H19ClN2O4/c1-15(2,3)23-14(22)19-16(17,13(20)21)8-10-9-18-12-7-5-4-6-11(10)12/h4-7,9,18H,8H2,1-3H3,(H,19,22)(H,20,21)/t16-/m1/s1. The largest absolute Gasteiger partial charge is 0.479 e. The fourth-order valence-electron chi connectivity index (χ4n) is 2.18. The van der Waals surface area contributed by atoms with Crippen LogP contribution in [0.3, 0.4) is 0 Å². The van der Waals surface area contributed by atoms with Gasteiger partial charge in [-0.3, -0.25) is 5.32 Å². The summed E-state index contributed by atoms with van der Waals surface area (Å²) in [6.45, 7) is 5.05. The van der Waals surface area contributed by atoms with E-state index in [1.807, 2.05) is 24.3 Å². The number of alkyl carbamates (subject to hydrolysis) is 1. The molecule has 1 aromatic heterocycles. The van der Waals surface area contributed by atoms with Gasteiger partial charge in [0, 0.05) is 23.5 Å². The van der Waals surface area contributed by atoms with Crippen LogP contribution in [0, 0.1) is 0 Å². The number of para-hydroxylation sites is 1. The number of rotatable bonds is 4. The molecule has 3 N–H and O–H groups in total. The summed E-state index contributed by atoms with van der Waals surface area (Å²) in [5.74, 6) is -1.35. The molecule has 0 bridgehead atoms. The maximum Gasteiger partial charge on any atom is 0.409 e. The van der Waals surface area contributed by atoms with Gasteiger partial charge >= 0.3 is 12.1 Å². The van der Waals surface area contributed by atoms with Gasteiger partial charge in [-0.15, -0.1) is 0 Å². The van der Waals surface area contributed by atoms with Crippen LogP contribution in [0.2, 0.25) is 0 Å². The zero-order valence-electron chi connectivity index (χ0n) is 13.1. The van der Waals surface area contributed by atoms with Gasteiger partial charge < -0.3 is 14.8 Å². The van der Waals surface area contributed by atoms with Crippen molar-refractivity contribution in [2.24, 2.45) is 0 Å². The number of ether oxygens (including phenoxy) is 1. The SMILES string of the molecule is CC(C)(C)OC(=O)N[C@](Cl)(Cc1c[nH]c2ccccc12)C(=O)O. The molecular weight excluding hydrogens is 320 g/mol. The lowest BCUT2D eigenvalue weighted by atomic mass is 10.0. The summed E-state index contributed by atoms with van der Waals surface area (Å²) >= 11 is 6.16. The fraction of sp³-hybridized carbons (Fsp3) is 0.375. The Morgan fingerprint density at radius 2 is 1.96 bits per heavy atom. The molecule has 124 valence electrons. The topological polar surface area (TPSA) is 91.4 Å². The molecule has 7 heteroatoms. The van der Waals surface area contributed by atoms with E-state index in [-0.39, 0.29) is 6.42 Å². The van der Waals surface area contributed by atoms with Crippen LogP contribution < -0.4 is 5.32 Å². The molecule has 2 rings (SSSR count). The third-order valence-electron chi connectivity index (χ3n) is 3.15. The van der Waals surface area contributed by atoms with Crippen molar-refractivity contribution in [3.8, 4) is 0 Å². The van der Waals surface area contributed by atoms with Gasteiger partial charge in [0.1, 0.15) is 5.60 Å². The highest BCUT2D eigenvalue weighted by atomic mass is 35.5. The molecule has 2 aromatic rings. The van der Waals surface area contributed by atoms with Gasteiger partial charge in [0.25, 0.3) is 0 Å². The van der Waals surface area contributed by atoms with Crippen molar-refractivity contribution in [3.05, 3.63) is 36.0 Å². The van der Waals surface area contributed by atoms with Crippen molar-refractivity contribution < 1.29 is 19.4 Å². The zero-order chi connectivity index (χ0) is 17.3. The number of benzene rings is 1. The van der Waals surface area contributed by atoms with Crippen LogP contribution in [0.15, 0.2) is 30.5 Å². The van der Waals surface area contributed by atoms with Crippen molar-refractivity contribution in [1.82, 2.24) is 10.3 Å². The number of H-pyrrole nitrogens is 1. The molecule has 0 unspecified atom stereocenters. The van der Waals surface area contributed by atoms with Gasteiger partial charge in [0.15, 0.2) is 0 Å². The van der Waals surface area contributed by atoms with Gasteiger partial charge in [-0.05, 0) is 32.4 Å². The molecule has 0 saturated carbocycles. The second-order valence-electron chi connectivity index (χ2n) is 6.27. The van der Waals surface area contributed by atoms with Crippen molar-refractivity contribution in [2.75, 3.05) is 0 Å². The normalized spacial score (nSPS) is 14.3. The summed E-state index contributed by atoms with van der Waals surface area (Å²) in [6, 6.07) is 7.44. The van der Waals surface area contributed by atoms with E-state index in [2.05, 4.69) is 10.3 Å². The smallest absolute Gasteiger partial charge is 0.409 e. The first-order chi connectivity index (χ1) is 10.6. The van der Waals surface area contributed by atoms with Gasteiger partial charge in [-0.1, -0.05) is 29.8 Å². The molecule has 1 atom stereocenters. The predicted molar refractivity (Wildman–Crippen MR) is 87.6 cm³/mol. The molecule has 0 aliphatic rings. The Hall–Kier alpha value is -2.21. The van der Waals surface area contributed by atoms with Crippen molar-refractivity contribution in [2.45, 2.75) is 37.8 Å². The minimum atomic E-state index is -1.99. The van der Waals surface area contributed by atoms with Crippen LogP contribution in [0.1, 0.15) is 26.3 Å². The first-order valence-electron chi connectivity index (χ1n) is 7.09. The molecule has 1 heterocycles. The number of hydrogen-bond donors (Lipinski definition) is 3. The van der Waals surface area contributed by atoms with Crippen LogP contribution in [-0.2, 0) is 16.0 Å². The molecule has 0 radical (unpaired) electrons. The van der Waals surface area contributed by atoms with Crippen LogP contribution in [-0.4, -0.2) is 32.8 Å². The quantitative estimate of drug-likeness (QED) is 0.589. The molecule has 23 heavy (non-hydrogen) atoms. The van der Waals surface area contributed by atoms with E-state index in [1.165, 1.54) is 0 Å². The summed E-state index contributed by atoms with van der Waals surface area (Å²) < 4.78 is 5.08. The monoisotopic (exact) mass is 338 g/mol. The molecule has 1 aromatic carbocycles. The Morgan fingerprint density at radius 3 is 2.57 bits per heavy atom. The first kappa shape index (κ1) is 17.1. The van der Waals surface area contributed by atoms with E-state index >= 15 is 0 Å². The Labute approximate surface area is 138 Å². The molecule has 1 amide bonds. The molecule has 6 nitrogen and oxygen atoms in total. The first-order valence-corrected chi connectivity index (χ1v) is 7.47. The van der Waals surface area contributed by atoms with Crippen LogP contribution >= 0.6 is 11.6 Å². The summed E-state index contributed by atoms with van der Waals surface area (Å²) in [4.78, 5) is 24.5. The lowest BCUT2D eigenvalue weighted by molar-refractivity contribution is -0.141. The Balaban J connectivity index is 2.24. The van der Waals surface area contributed by atoms with Crippen LogP contribution in [0.4, 0.5) is 4.79 Å². The number of aliphatic carboxylic acids is 1. The van der Waals surface area contributed by atoms with Gasteiger partial charge in [-0.25, -0.2) is 9.59 Å². The average molecular weight is 339 g/mol. The number of carbonyl (C=O) groups is 2. The number of carbonyl (C=O) groups excluding carboxylic acids is 1. The molecule has 0 aliphatic carbocycles. The number of halogens is 1.